The van der Waals surface area contributed by atoms with Crippen LogP contribution in [0.5, 0.6) is 5.75 Å². The van der Waals surface area contributed by atoms with E-state index in [-0.39, 0.29) is 6.10 Å². The van der Waals surface area contributed by atoms with Crippen LogP contribution in [-0.2, 0) is 22.3 Å². The van der Waals surface area contributed by atoms with Crippen LogP contribution in [0.4, 0.5) is 0 Å². The average Bonchev–Trinajstić information content (AvgIpc) is 3.37. The van der Waals surface area contributed by atoms with Gasteiger partial charge < -0.3 is 34.6 Å². The molecule has 2 aliphatic heterocycles. The minimum atomic E-state index is -1.51. The highest BCUT2D eigenvalue weighted by molar-refractivity contribution is 5.51. The standard InChI is InChI=1S/C26H31NO7/c1-2-15-3-5-16(6-4-15)9-17-10-20(26-25(31)24(30)23(29)22(13-28)34-26)21(11-18(17)12-27)33-19-7-8-32-14-19/h3-6,10-11,19,22-26,28-31H,2,7-9,13-14H2,1H3/t19?,22-,23-,24+,25-,26+/m1/s1. The van der Waals surface area contributed by atoms with E-state index in [2.05, 4.69) is 25.1 Å². The van der Waals surface area contributed by atoms with E-state index in [1.807, 2.05) is 12.1 Å². The van der Waals surface area contributed by atoms with Crippen LogP contribution in [0.25, 0.3) is 0 Å². The van der Waals surface area contributed by atoms with Gasteiger partial charge in [-0.05, 0) is 41.7 Å². The quantitative estimate of drug-likeness (QED) is 0.478. The third kappa shape index (κ3) is 5.10. The van der Waals surface area contributed by atoms with Crippen LogP contribution >= 0.6 is 0 Å². The maximum absolute atomic E-state index is 10.8. The van der Waals surface area contributed by atoms with Crippen LogP contribution in [0.1, 0.15) is 47.3 Å². The number of hydrogen-bond acceptors (Lipinski definition) is 8. The fourth-order valence-corrected chi connectivity index (χ4v) is 4.48. The van der Waals surface area contributed by atoms with E-state index in [0.29, 0.717) is 48.5 Å². The van der Waals surface area contributed by atoms with Crippen molar-refractivity contribution in [3.05, 3.63) is 64.2 Å². The largest absolute Gasteiger partial charge is 0.487 e. The number of hydrogen-bond donors (Lipinski definition) is 4. The number of benzene rings is 2. The molecule has 8 nitrogen and oxygen atoms in total. The van der Waals surface area contributed by atoms with E-state index >= 15 is 0 Å². The molecule has 4 N–H and O–H groups in total. The topological polar surface area (TPSA) is 132 Å². The first kappa shape index (κ1) is 24.6. The zero-order valence-corrected chi connectivity index (χ0v) is 19.1. The molecule has 2 aliphatic rings. The lowest BCUT2D eigenvalue weighted by atomic mass is 9.88. The molecule has 0 bridgehead atoms. The number of rotatable bonds is 7. The second-order valence-electron chi connectivity index (χ2n) is 8.86. The lowest BCUT2D eigenvalue weighted by Crippen LogP contribution is -2.55. The summed E-state index contributed by atoms with van der Waals surface area (Å²) >= 11 is 0. The van der Waals surface area contributed by atoms with E-state index in [0.717, 1.165) is 12.0 Å². The summed E-state index contributed by atoms with van der Waals surface area (Å²) in [6.45, 7) is 2.53. The monoisotopic (exact) mass is 469 g/mol. The van der Waals surface area contributed by atoms with Gasteiger partial charge in [-0.1, -0.05) is 31.2 Å². The molecule has 0 spiro atoms. The van der Waals surface area contributed by atoms with Crippen molar-refractivity contribution in [2.75, 3.05) is 19.8 Å². The molecule has 0 amide bonds. The molecule has 2 saturated heterocycles. The molecule has 2 aromatic rings. The van der Waals surface area contributed by atoms with Gasteiger partial charge in [-0.2, -0.15) is 5.26 Å². The molecule has 182 valence electrons. The summed E-state index contributed by atoms with van der Waals surface area (Å²) in [5.74, 6) is 0.349. The number of nitriles is 1. The van der Waals surface area contributed by atoms with Crippen LogP contribution < -0.4 is 4.74 Å². The molecule has 34 heavy (non-hydrogen) atoms. The zero-order chi connectivity index (χ0) is 24.2. The van der Waals surface area contributed by atoms with Gasteiger partial charge in [0.05, 0.1) is 31.5 Å². The normalized spacial score (nSPS) is 29.1. The molecule has 8 heteroatoms. The predicted octanol–water partition coefficient (Wildman–Crippen LogP) is 1.39. The molecular formula is C26H31NO7. The van der Waals surface area contributed by atoms with Crippen molar-refractivity contribution in [1.82, 2.24) is 0 Å². The molecule has 2 aromatic carbocycles. The first-order valence-electron chi connectivity index (χ1n) is 11.6. The average molecular weight is 470 g/mol. The molecule has 0 saturated carbocycles. The molecule has 0 radical (unpaired) electrons. The van der Waals surface area contributed by atoms with Crippen LogP contribution in [-0.4, -0.2) is 70.8 Å². The number of aliphatic hydroxyl groups excluding tert-OH is 4. The fraction of sp³-hybridized carbons (Fsp3) is 0.500. The Labute approximate surface area is 198 Å². The molecule has 6 atom stereocenters. The van der Waals surface area contributed by atoms with Crippen LogP contribution in [0.15, 0.2) is 36.4 Å². The maximum atomic E-state index is 10.8. The zero-order valence-electron chi connectivity index (χ0n) is 19.1. The first-order valence-corrected chi connectivity index (χ1v) is 11.6. The molecule has 4 rings (SSSR count). The van der Waals surface area contributed by atoms with Crippen molar-refractivity contribution in [3.63, 3.8) is 0 Å². The van der Waals surface area contributed by atoms with Gasteiger partial charge in [0, 0.05) is 12.0 Å². The van der Waals surface area contributed by atoms with E-state index < -0.39 is 37.1 Å². The van der Waals surface area contributed by atoms with Crippen molar-refractivity contribution in [1.29, 1.82) is 5.26 Å². The summed E-state index contributed by atoms with van der Waals surface area (Å²) < 4.78 is 17.4. The second-order valence-corrected chi connectivity index (χ2v) is 8.86. The lowest BCUT2D eigenvalue weighted by Gasteiger charge is -2.40. The highest BCUT2D eigenvalue weighted by atomic mass is 16.6. The Balaban J connectivity index is 1.74. The van der Waals surface area contributed by atoms with Crippen molar-refractivity contribution >= 4 is 0 Å². The van der Waals surface area contributed by atoms with E-state index in [1.54, 1.807) is 12.1 Å². The Morgan fingerprint density at radius 2 is 1.79 bits per heavy atom. The highest BCUT2D eigenvalue weighted by Gasteiger charge is 2.45. The van der Waals surface area contributed by atoms with Gasteiger partial charge in [0.1, 0.15) is 42.4 Å². The highest BCUT2D eigenvalue weighted by Crippen LogP contribution is 2.39. The summed E-state index contributed by atoms with van der Waals surface area (Å²) in [5, 5.41) is 50.8. The summed E-state index contributed by atoms with van der Waals surface area (Å²) in [7, 11) is 0. The summed E-state index contributed by atoms with van der Waals surface area (Å²) in [6, 6.07) is 13.8. The van der Waals surface area contributed by atoms with Gasteiger partial charge in [0.25, 0.3) is 0 Å². The van der Waals surface area contributed by atoms with Crippen molar-refractivity contribution in [2.45, 2.75) is 62.8 Å². The summed E-state index contributed by atoms with van der Waals surface area (Å²) in [5.41, 5.74) is 3.83. The Bertz CT molecular complexity index is 1010. The van der Waals surface area contributed by atoms with Gasteiger partial charge >= 0.3 is 0 Å². The summed E-state index contributed by atoms with van der Waals surface area (Å²) in [4.78, 5) is 0. The maximum Gasteiger partial charge on any atom is 0.127 e. The SMILES string of the molecule is CCc1ccc(Cc2cc([C@@H]3O[C@H](CO)[C@@H](O)[C@H](O)[C@H]3O)c(OC3CCOC3)cc2C#N)cc1. The van der Waals surface area contributed by atoms with E-state index in [4.69, 9.17) is 14.2 Å². The Kier molecular flexibility index (Phi) is 7.84. The smallest absolute Gasteiger partial charge is 0.127 e. The van der Waals surface area contributed by atoms with Gasteiger partial charge in [-0.15, -0.1) is 0 Å². The Morgan fingerprint density at radius 3 is 2.41 bits per heavy atom. The molecule has 0 aromatic heterocycles. The fourth-order valence-electron chi connectivity index (χ4n) is 4.48. The van der Waals surface area contributed by atoms with Gasteiger partial charge in [0.2, 0.25) is 0 Å². The van der Waals surface area contributed by atoms with Crippen LogP contribution in [0, 0.1) is 11.3 Å². The molecule has 2 fully saturated rings. The van der Waals surface area contributed by atoms with Gasteiger partial charge in [0.15, 0.2) is 0 Å². The third-order valence-electron chi connectivity index (χ3n) is 6.56. The Hall–Kier alpha value is -2.51. The van der Waals surface area contributed by atoms with Gasteiger partial charge in [-0.3, -0.25) is 0 Å². The Morgan fingerprint density at radius 1 is 1.06 bits per heavy atom. The number of aryl methyl sites for hydroxylation is 1. The molecular weight excluding hydrogens is 438 g/mol. The van der Waals surface area contributed by atoms with Crippen LogP contribution in [0.3, 0.4) is 0 Å². The van der Waals surface area contributed by atoms with Gasteiger partial charge in [-0.25, -0.2) is 0 Å². The predicted molar refractivity (Wildman–Crippen MR) is 122 cm³/mol. The lowest BCUT2D eigenvalue weighted by molar-refractivity contribution is -0.232. The molecule has 2 heterocycles. The van der Waals surface area contributed by atoms with Crippen molar-refractivity contribution in [3.8, 4) is 11.8 Å². The minimum Gasteiger partial charge on any atom is -0.487 e. The first-order chi connectivity index (χ1) is 16.4. The summed E-state index contributed by atoms with van der Waals surface area (Å²) in [6.07, 6.45) is -4.67. The van der Waals surface area contributed by atoms with E-state index in [1.165, 1.54) is 5.56 Å². The van der Waals surface area contributed by atoms with Crippen LogP contribution in [0.2, 0.25) is 0 Å². The minimum absolute atomic E-state index is 0.220. The number of nitrogens with zero attached hydrogens (tertiary/aromatic N) is 1. The number of ether oxygens (including phenoxy) is 3. The second kappa shape index (κ2) is 10.8. The van der Waals surface area contributed by atoms with Crippen molar-refractivity contribution < 1.29 is 34.6 Å². The number of aliphatic hydroxyl groups is 4. The van der Waals surface area contributed by atoms with E-state index in [9.17, 15) is 25.7 Å². The van der Waals surface area contributed by atoms with Crippen molar-refractivity contribution in [2.24, 2.45) is 0 Å². The molecule has 0 aliphatic carbocycles. The third-order valence-corrected chi connectivity index (χ3v) is 6.56. The molecule has 1 unspecified atom stereocenters.